The minimum Gasteiger partial charge on any atom is -0.481 e. The van der Waals surface area contributed by atoms with Gasteiger partial charge in [0.15, 0.2) is 0 Å². The summed E-state index contributed by atoms with van der Waals surface area (Å²) in [6.07, 6.45) is 4.10. The number of nitrogens with zero attached hydrogens (tertiary/aromatic N) is 1. The number of carboxylic acid groups (broad SMARTS) is 1. The minimum absolute atomic E-state index is 0.0397. The van der Waals surface area contributed by atoms with Crippen LogP contribution in [0.3, 0.4) is 0 Å². The number of carboxylic acids is 1. The fraction of sp³-hybridized carbons (Fsp3) is 0.545. The third-order valence-electron chi connectivity index (χ3n) is 2.60. The van der Waals surface area contributed by atoms with Gasteiger partial charge < -0.3 is 15.7 Å². The largest absolute Gasteiger partial charge is 0.481 e. The molecular formula is C11H18N4O3. The van der Waals surface area contributed by atoms with Crippen molar-refractivity contribution in [3.05, 3.63) is 18.0 Å². The molecule has 0 aromatic carbocycles. The van der Waals surface area contributed by atoms with Crippen molar-refractivity contribution in [3.63, 3.8) is 0 Å². The number of carbonyl (C=O) groups is 2. The highest BCUT2D eigenvalue weighted by molar-refractivity contribution is 5.74. The van der Waals surface area contributed by atoms with Crippen molar-refractivity contribution < 1.29 is 14.7 Å². The molecule has 0 radical (unpaired) electrons. The molecule has 0 aliphatic rings. The summed E-state index contributed by atoms with van der Waals surface area (Å²) in [6.45, 7) is 2.65. The summed E-state index contributed by atoms with van der Waals surface area (Å²) < 4.78 is 0. The molecule has 1 aromatic heterocycles. The van der Waals surface area contributed by atoms with Crippen LogP contribution in [0.5, 0.6) is 0 Å². The molecule has 1 atom stereocenters. The summed E-state index contributed by atoms with van der Waals surface area (Å²) in [7, 11) is 0. The summed E-state index contributed by atoms with van der Waals surface area (Å²) in [6, 6.07) is -0.306. The Morgan fingerprint density at radius 3 is 2.83 bits per heavy atom. The Labute approximate surface area is 105 Å². The van der Waals surface area contributed by atoms with Crippen LogP contribution in [0.15, 0.2) is 12.4 Å². The van der Waals surface area contributed by atoms with E-state index < -0.39 is 5.97 Å². The average molecular weight is 254 g/mol. The Hall–Kier alpha value is -2.05. The van der Waals surface area contributed by atoms with E-state index in [0.717, 1.165) is 5.56 Å². The first-order chi connectivity index (χ1) is 8.61. The van der Waals surface area contributed by atoms with Gasteiger partial charge in [0, 0.05) is 31.3 Å². The van der Waals surface area contributed by atoms with Crippen LogP contribution in [0.4, 0.5) is 4.79 Å². The van der Waals surface area contributed by atoms with Gasteiger partial charge in [-0.3, -0.25) is 9.89 Å². The second kappa shape index (κ2) is 7.31. The summed E-state index contributed by atoms with van der Waals surface area (Å²) in [5, 5.41) is 20.4. The van der Waals surface area contributed by atoms with Crippen molar-refractivity contribution in [2.45, 2.75) is 26.3 Å². The Kier molecular flexibility index (Phi) is 5.69. The van der Waals surface area contributed by atoms with Crippen LogP contribution in [0, 0.1) is 5.92 Å². The zero-order valence-corrected chi connectivity index (χ0v) is 10.3. The highest BCUT2D eigenvalue weighted by Gasteiger charge is 2.12. The number of aromatic nitrogens is 2. The maximum absolute atomic E-state index is 11.4. The summed E-state index contributed by atoms with van der Waals surface area (Å²) in [4.78, 5) is 22.0. The van der Waals surface area contributed by atoms with Crippen molar-refractivity contribution in [3.8, 4) is 0 Å². The lowest BCUT2D eigenvalue weighted by atomic mass is 10.0. The predicted octanol–water partition coefficient (Wildman–Crippen LogP) is 0.710. The first-order valence-electron chi connectivity index (χ1n) is 5.83. The van der Waals surface area contributed by atoms with Crippen LogP contribution in [0.25, 0.3) is 0 Å². The van der Waals surface area contributed by atoms with Crippen LogP contribution >= 0.6 is 0 Å². The SMILES string of the molecule is CCC(CNC(=O)NCc1cn[nH]c1)CC(=O)O. The van der Waals surface area contributed by atoms with Gasteiger partial charge in [0.1, 0.15) is 0 Å². The normalized spacial score (nSPS) is 11.8. The van der Waals surface area contributed by atoms with Crippen LogP contribution in [0.1, 0.15) is 25.3 Å². The van der Waals surface area contributed by atoms with Gasteiger partial charge in [-0.25, -0.2) is 4.79 Å². The fourth-order valence-corrected chi connectivity index (χ4v) is 1.46. The van der Waals surface area contributed by atoms with E-state index in [1.165, 1.54) is 0 Å². The molecule has 0 fully saturated rings. The van der Waals surface area contributed by atoms with E-state index in [4.69, 9.17) is 5.11 Å². The molecule has 0 saturated heterocycles. The fourth-order valence-electron chi connectivity index (χ4n) is 1.46. The zero-order chi connectivity index (χ0) is 13.4. The van der Waals surface area contributed by atoms with Gasteiger partial charge in [0.05, 0.1) is 6.20 Å². The molecule has 1 heterocycles. The molecule has 2 amide bonds. The summed E-state index contributed by atoms with van der Waals surface area (Å²) in [5.41, 5.74) is 0.878. The minimum atomic E-state index is -0.845. The van der Waals surface area contributed by atoms with Crippen molar-refractivity contribution in [2.24, 2.45) is 5.92 Å². The van der Waals surface area contributed by atoms with Gasteiger partial charge in [-0.05, 0) is 5.92 Å². The van der Waals surface area contributed by atoms with Gasteiger partial charge in [-0.1, -0.05) is 13.3 Å². The molecule has 0 bridgehead atoms. The Balaban J connectivity index is 2.21. The molecular weight excluding hydrogens is 236 g/mol. The maximum atomic E-state index is 11.4. The third-order valence-corrected chi connectivity index (χ3v) is 2.60. The van der Waals surface area contributed by atoms with E-state index in [1.807, 2.05) is 6.92 Å². The van der Waals surface area contributed by atoms with Crippen LogP contribution in [0.2, 0.25) is 0 Å². The maximum Gasteiger partial charge on any atom is 0.315 e. The molecule has 7 heteroatoms. The lowest BCUT2D eigenvalue weighted by Crippen LogP contribution is -2.38. The quantitative estimate of drug-likeness (QED) is 0.574. The molecule has 100 valence electrons. The first kappa shape index (κ1) is 14.0. The van der Waals surface area contributed by atoms with Gasteiger partial charge in [0.2, 0.25) is 0 Å². The molecule has 1 rings (SSSR count). The Bertz CT molecular complexity index is 378. The highest BCUT2D eigenvalue weighted by Crippen LogP contribution is 2.06. The van der Waals surface area contributed by atoms with Gasteiger partial charge in [0.25, 0.3) is 0 Å². The van der Waals surface area contributed by atoms with Crippen LogP contribution in [-0.2, 0) is 11.3 Å². The molecule has 4 N–H and O–H groups in total. The standard InChI is InChI=1S/C11H18N4O3/c1-2-8(3-10(16)17)4-12-11(18)13-5-9-6-14-15-7-9/h6-8H,2-5H2,1H3,(H,14,15)(H,16,17)(H2,12,13,18). The molecule has 0 aliphatic heterocycles. The monoisotopic (exact) mass is 254 g/mol. The van der Waals surface area contributed by atoms with Gasteiger partial charge in [-0.15, -0.1) is 0 Å². The number of carbonyl (C=O) groups excluding carboxylic acids is 1. The summed E-state index contributed by atoms with van der Waals surface area (Å²) >= 11 is 0. The number of rotatable bonds is 7. The number of aliphatic carboxylic acids is 1. The number of hydrogen-bond donors (Lipinski definition) is 4. The molecule has 7 nitrogen and oxygen atoms in total. The lowest BCUT2D eigenvalue weighted by Gasteiger charge is -2.13. The molecule has 1 unspecified atom stereocenters. The molecule has 1 aromatic rings. The van der Waals surface area contributed by atoms with Gasteiger partial charge >= 0.3 is 12.0 Å². The summed E-state index contributed by atoms with van der Waals surface area (Å²) in [5.74, 6) is -0.885. The number of nitrogens with one attached hydrogen (secondary N) is 3. The number of amides is 2. The highest BCUT2D eigenvalue weighted by atomic mass is 16.4. The smallest absolute Gasteiger partial charge is 0.315 e. The molecule has 0 spiro atoms. The van der Waals surface area contributed by atoms with Crippen LogP contribution < -0.4 is 10.6 Å². The Morgan fingerprint density at radius 2 is 2.28 bits per heavy atom. The topological polar surface area (TPSA) is 107 Å². The van der Waals surface area contributed by atoms with Crippen molar-refractivity contribution >= 4 is 12.0 Å². The van der Waals surface area contributed by atoms with E-state index in [1.54, 1.807) is 12.4 Å². The predicted molar refractivity (Wildman–Crippen MR) is 64.9 cm³/mol. The number of hydrogen-bond acceptors (Lipinski definition) is 3. The van der Waals surface area contributed by atoms with Gasteiger partial charge in [-0.2, -0.15) is 5.10 Å². The van der Waals surface area contributed by atoms with E-state index in [9.17, 15) is 9.59 Å². The third kappa shape index (κ3) is 5.33. The number of H-pyrrole nitrogens is 1. The van der Waals surface area contributed by atoms with Crippen molar-refractivity contribution in [1.82, 2.24) is 20.8 Å². The second-order valence-electron chi connectivity index (χ2n) is 4.04. The van der Waals surface area contributed by atoms with E-state index in [-0.39, 0.29) is 18.4 Å². The zero-order valence-electron chi connectivity index (χ0n) is 10.3. The van der Waals surface area contributed by atoms with Crippen molar-refractivity contribution in [2.75, 3.05) is 6.54 Å². The van der Waals surface area contributed by atoms with Crippen molar-refractivity contribution in [1.29, 1.82) is 0 Å². The molecule has 0 aliphatic carbocycles. The Morgan fingerprint density at radius 1 is 1.50 bits per heavy atom. The first-order valence-corrected chi connectivity index (χ1v) is 5.83. The average Bonchev–Trinajstić information content (AvgIpc) is 2.84. The van der Waals surface area contributed by atoms with E-state index in [0.29, 0.717) is 19.5 Å². The van der Waals surface area contributed by atoms with E-state index >= 15 is 0 Å². The number of urea groups is 1. The second-order valence-corrected chi connectivity index (χ2v) is 4.04. The lowest BCUT2D eigenvalue weighted by molar-refractivity contribution is -0.138. The number of aromatic amines is 1. The molecule has 0 saturated carbocycles. The molecule has 18 heavy (non-hydrogen) atoms. The van der Waals surface area contributed by atoms with E-state index in [2.05, 4.69) is 20.8 Å². The van der Waals surface area contributed by atoms with Crippen LogP contribution in [-0.4, -0.2) is 33.8 Å².